The third-order valence-corrected chi connectivity index (χ3v) is 4.48. The summed E-state index contributed by atoms with van der Waals surface area (Å²) in [4.78, 5) is 2.56. The SMILES string of the molecule is CCc1ccc(N2CCC(CCC(C)C)CC2)cc1. The topological polar surface area (TPSA) is 3.24 Å². The number of anilines is 1. The molecule has 0 spiro atoms. The van der Waals surface area contributed by atoms with Crippen molar-refractivity contribution in [3.8, 4) is 0 Å². The normalized spacial score (nSPS) is 17.2. The monoisotopic (exact) mass is 259 g/mol. The van der Waals surface area contributed by atoms with Crippen molar-refractivity contribution in [2.45, 2.75) is 52.9 Å². The average molecular weight is 259 g/mol. The van der Waals surface area contributed by atoms with Crippen molar-refractivity contribution in [3.05, 3.63) is 29.8 Å². The van der Waals surface area contributed by atoms with Gasteiger partial charge in [-0.1, -0.05) is 45.7 Å². The zero-order valence-corrected chi connectivity index (χ0v) is 12.9. The first kappa shape index (κ1) is 14.4. The maximum Gasteiger partial charge on any atom is 0.0366 e. The summed E-state index contributed by atoms with van der Waals surface area (Å²) in [6, 6.07) is 9.15. The molecular weight excluding hydrogens is 230 g/mol. The molecule has 1 heteroatoms. The van der Waals surface area contributed by atoms with Crippen LogP contribution in [0, 0.1) is 11.8 Å². The maximum absolute atomic E-state index is 2.56. The van der Waals surface area contributed by atoms with Gasteiger partial charge in [0.25, 0.3) is 0 Å². The number of aryl methyl sites for hydroxylation is 1. The lowest BCUT2D eigenvalue weighted by Gasteiger charge is -2.34. The molecular formula is C18H29N. The van der Waals surface area contributed by atoms with Gasteiger partial charge in [-0.15, -0.1) is 0 Å². The summed E-state index contributed by atoms with van der Waals surface area (Å²) in [7, 11) is 0. The van der Waals surface area contributed by atoms with Crippen LogP contribution in [0.2, 0.25) is 0 Å². The first-order valence-corrected chi connectivity index (χ1v) is 8.03. The van der Waals surface area contributed by atoms with Crippen LogP contribution in [0.3, 0.4) is 0 Å². The summed E-state index contributed by atoms with van der Waals surface area (Å²) < 4.78 is 0. The molecule has 2 rings (SSSR count). The van der Waals surface area contributed by atoms with Crippen molar-refractivity contribution in [1.82, 2.24) is 0 Å². The highest BCUT2D eigenvalue weighted by Crippen LogP contribution is 2.27. The van der Waals surface area contributed by atoms with Gasteiger partial charge in [0.2, 0.25) is 0 Å². The number of piperidine rings is 1. The Morgan fingerprint density at radius 2 is 1.74 bits per heavy atom. The molecule has 0 aliphatic carbocycles. The molecule has 0 saturated carbocycles. The number of rotatable bonds is 5. The highest BCUT2D eigenvalue weighted by Gasteiger charge is 2.19. The van der Waals surface area contributed by atoms with E-state index in [1.807, 2.05) is 0 Å². The first-order chi connectivity index (χ1) is 9.19. The van der Waals surface area contributed by atoms with E-state index in [1.54, 1.807) is 0 Å². The fraction of sp³-hybridized carbons (Fsp3) is 0.667. The van der Waals surface area contributed by atoms with Gasteiger partial charge < -0.3 is 4.90 Å². The van der Waals surface area contributed by atoms with Crippen LogP contribution in [0.1, 0.15) is 52.0 Å². The molecule has 0 amide bonds. The smallest absolute Gasteiger partial charge is 0.0366 e. The van der Waals surface area contributed by atoms with Gasteiger partial charge in [0.15, 0.2) is 0 Å². The summed E-state index contributed by atoms with van der Waals surface area (Å²) in [6.07, 6.45) is 6.72. The van der Waals surface area contributed by atoms with E-state index in [9.17, 15) is 0 Å². The van der Waals surface area contributed by atoms with E-state index in [2.05, 4.69) is 49.9 Å². The molecule has 0 atom stereocenters. The third-order valence-electron chi connectivity index (χ3n) is 4.48. The summed E-state index contributed by atoms with van der Waals surface area (Å²) in [5.41, 5.74) is 2.86. The Morgan fingerprint density at radius 1 is 1.11 bits per heavy atom. The minimum absolute atomic E-state index is 0.861. The van der Waals surface area contributed by atoms with Crippen LogP contribution in [-0.4, -0.2) is 13.1 Å². The zero-order chi connectivity index (χ0) is 13.7. The van der Waals surface area contributed by atoms with Crippen LogP contribution in [0.25, 0.3) is 0 Å². The highest BCUT2D eigenvalue weighted by molar-refractivity contribution is 5.47. The Bertz CT molecular complexity index is 358. The van der Waals surface area contributed by atoms with Crippen molar-refractivity contribution in [1.29, 1.82) is 0 Å². The maximum atomic E-state index is 2.56. The van der Waals surface area contributed by atoms with E-state index >= 15 is 0 Å². The molecule has 1 heterocycles. The number of nitrogens with zero attached hydrogens (tertiary/aromatic N) is 1. The minimum atomic E-state index is 0.861. The van der Waals surface area contributed by atoms with Gasteiger partial charge in [-0.3, -0.25) is 0 Å². The second-order valence-corrected chi connectivity index (χ2v) is 6.42. The van der Waals surface area contributed by atoms with Gasteiger partial charge >= 0.3 is 0 Å². The molecule has 1 nitrogen and oxygen atoms in total. The van der Waals surface area contributed by atoms with Gasteiger partial charge in [-0.25, -0.2) is 0 Å². The van der Waals surface area contributed by atoms with Gasteiger partial charge in [0, 0.05) is 18.8 Å². The molecule has 0 aromatic heterocycles. The molecule has 0 radical (unpaired) electrons. The summed E-state index contributed by atoms with van der Waals surface area (Å²) >= 11 is 0. The van der Waals surface area contributed by atoms with Crippen molar-refractivity contribution < 1.29 is 0 Å². The summed E-state index contributed by atoms with van der Waals surface area (Å²) in [6.45, 7) is 9.38. The average Bonchev–Trinajstić information content (AvgIpc) is 2.46. The second kappa shape index (κ2) is 6.98. The molecule has 0 N–H and O–H groups in total. The lowest BCUT2D eigenvalue weighted by atomic mass is 9.89. The van der Waals surface area contributed by atoms with E-state index in [1.165, 1.54) is 50.0 Å². The third kappa shape index (κ3) is 4.26. The molecule has 19 heavy (non-hydrogen) atoms. The molecule has 1 saturated heterocycles. The Morgan fingerprint density at radius 3 is 2.26 bits per heavy atom. The van der Waals surface area contributed by atoms with E-state index in [0.29, 0.717) is 0 Å². The lowest BCUT2D eigenvalue weighted by molar-refractivity contribution is 0.351. The molecule has 0 bridgehead atoms. The molecule has 0 unspecified atom stereocenters. The van der Waals surface area contributed by atoms with E-state index < -0.39 is 0 Å². The van der Waals surface area contributed by atoms with Crippen LogP contribution < -0.4 is 4.90 Å². The minimum Gasteiger partial charge on any atom is -0.372 e. The molecule has 1 fully saturated rings. The van der Waals surface area contributed by atoms with Gasteiger partial charge in [0.05, 0.1) is 0 Å². The molecule has 1 aromatic rings. The number of hydrogen-bond acceptors (Lipinski definition) is 1. The predicted molar refractivity (Wildman–Crippen MR) is 84.8 cm³/mol. The molecule has 1 aromatic carbocycles. The van der Waals surface area contributed by atoms with Crippen molar-refractivity contribution in [2.75, 3.05) is 18.0 Å². The standard InChI is InChI=1S/C18H29N/c1-4-16-7-9-18(10-8-16)19-13-11-17(12-14-19)6-5-15(2)3/h7-10,15,17H,4-6,11-14H2,1-3H3. The quantitative estimate of drug-likeness (QED) is 0.727. The highest BCUT2D eigenvalue weighted by atomic mass is 15.1. The first-order valence-electron chi connectivity index (χ1n) is 8.03. The Hall–Kier alpha value is -0.980. The lowest BCUT2D eigenvalue weighted by Crippen LogP contribution is -2.33. The number of benzene rings is 1. The van der Waals surface area contributed by atoms with Crippen molar-refractivity contribution in [3.63, 3.8) is 0 Å². The fourth-order valence-electron chi connectivity index (χ4n) is 2.99. The number of hydrogen-bond donors (Lipinski definition) is 0. The van der Waals surface area contributed by atoms with Crippen molar-refractivity contribution >= 4 is 5.69 Å². The van der Waals surface area contributed by atoms with Crippen LogP contribution in [0.5, 0.6) is 0 Å². The predicted octanol–water partition coefficient (Wildman–Crippen LogP) is 4.90. The molecule has 106 valence electrons. The van der Waals surface area contributed by atoms with Crippen molar-refractivity contribution in [2.24, 2.45) is 11.8 Å². The zero-order valence-electron chi connectivity index (χ0n) is 12.9. The van der Waals surface area contributed by atoms with Gasteiger partial charge in [-0.05, 0) is 48.8 Å². The van der Waals surface area contributed by atoms with Gasteiger partial charge in [-0.2, -0.15) is 0 Å². The largest absolute Gasteiger partial charge is 0.372 e. The van der Waals surface area contributed by atoms with Crippen LogP contribution >= 0.6 is 0 Å². The van der Waals surface area contributed by atoms with E-state index in [4.69, 9.17) is 0 Å². The van der Waals surface area contributed by atoms with E-state index in [-0.39, 0.29) is 0 Å². The van der Waals surface area contributed by atoms with E-state index in [0.717, 1.165) is 18.3 Å². The fourth-order valence-corrected chi connectivity index (χ4v) is 2.99. The Labute approximate surface area is 119 Å². The summed E-state index contributed by atoms with van der Waals surface area (Å²) in [5, 5.41) is 0. The van der Waals surface area contributed by atoms with Crippen LogP contribution in [-0.2, 0) is 6.42 Å². The Kier molecular flexibility index (Phi) is 5.30. The summed E-state index contributed by atoms with van der Waals surface area (Å²) in [5.74, 6) is 1.83. The molecule has 1 aliphatic heterocycles. The molecule has 1 aliphatic rings. The van der Waals surface area contributed by atoms with Crippen LogP contribution in [0.15, 0.2) is 24.3 Å². The van der Waals surface area contributed by atoms with Gasteiger partial charge in [0.1, 0.15) is 0 Å². The Balaban J connectivity index is 1.81. The second-order valence-electron chi connectivity index (χ2n) is 6.42. The van der Waals surface area contributed by atoms with Crippen LogP contribution in [0.4, 0.5) is 5.69 Å².